The van der Waals surface area contributed by atoms with E-state index in [0.29, 0.717) is 0 Å². The van der Waals surface area contributed by atoms with Gasteiger partial charge in [-0.2, -0.15) is 0 Å². The number of rotatable bonds is 5. The first-order chi connectivity index (χ1) is 8.22. The van der Waals surface area contributed by atoms with Gasteiger partial charge in [-0.15, -0.1) is 11.6 Å². The van der Waals surface area contributed by atoms with Crippen LogP contribution in [0.2, 0.25) is 10.0 Å². The molecule has 1 unspecified atom stereocenters. The Bertz CT molecular complexity index is 556. The van der Waals surface area contributed by atoms with E-state index in [0.717, 1.165) is 0 Å². The fourth-order valence-corrected chi connectivity index (χ4v) is 4.07. The zero-order valence-electron chi connectivity index (χ0n) is 8.94. The van der Waals surface area contributed by atoms with Crippen LogP contribution in [0.5, 0.6) is 0 Å². The molecule has 1 aromatic rings. The maximum atomic E-state index is 12.0. The highest BCUT2D eigenvalue weighted by Crippen LogP contribution is 2.27. The minimum atomic E-state index is -3.77. The van der Waals surface area contributed by atoms with E-state index in [2.05, 4.69) is 0 Å². The lowest BCUT2D eigenvalue weighted by Gasteiger charge is -2.09. The molecule has 1 N–H and O–H groups in total. The van der Waals surface area contributed by atoms with Crippen LogP contribution < -0.4 is 0 Å². The Balaban J connectivity index is 2.99. The number of carboxylic acids is 1. The lowest BCUT2D eigenvalue weighted by atomic mass is 10.3. The molecule has 0 amide bonds. The summed E-state index contributed by atoms with van der Waals surface area (Å²) in [6, 6.07) is 4.03. The molecule has 8 heteroatoms. The Morgan fingerprint density at radius 3 is 2.50 bits per heavy atom. The van der Waals surface area contributed by atoms with Crippen LogP contribution in [0.25, 0.3) is 0 Å². The summed E-state index contributed by atoms with van der Waals surface area (Å²) in [4.78, 5) is 10.3. The van der Waals surface area contributed by atoms with Crippen molar-refractivity contribution in [3.8, 4) is 0 Å². The summed E-state index contributed by atoms with van der Waals surface area (Å²) in [5.41, 5.74) is 0. The second-order valence-corrected chi connectivity index (χ2v) is 7.01. The number of carboxylic acid groups (broad SMARTS) is 1. The van der Waals surface area contributed by atoms with Gasteiger partial charge in [-0.25, -0.2) is 8.42 Å². The third kappa shape index (κ3) is 4.31. The van der Waals surface area contributed by atoms with Gasteiger partial charge in [0.1, 0.15) is 0 Å². The van der Waals surface area contributed by atoms with Crippen LogP contribution in [0, 0.1) is 0 Å². The molecule has 0 heterocycles. The number of hydrogen-bond donors (Lipinski definition) is 1. The van der Waals surface area contributed by atoms with Gasteiger partial charge < -0.3 is 5.11 Å². The van der Waals surface area contributed by atoms with Crippen LogP contribution in [-0.4, -0.2) is 30.6 Å². The van der Waals surface area contributed by atoms with Crippen molar-refractivity contribution in [3.05, 3.63) is 28.2 Å². The van der Waals surface area contributed by atoms with E-state index in [-0.39, 0.29) is 14.9 Å². The normalized spacial score (nSPS) is 13.3. The summed E-state index contributed by atoms with van der Waals surface area (Å²) in [6.07, 6.45) is -0.445. The fourth-order valence-electron chi connectivity index (χ4n) is 1.29. The molecule has 1 aromatic carbocycles. The van der Waals surface area contributed by atoms with E-state index < -0.39 is 33.4 Å². The number of hydrogen-bond acceptors (Lipinski definition) is 3. The first-order valence-electron chi connectivity index (χ1n) is 4.76. The molecule has 100 valence electrons. The van der Waals surface area contributed by atoms with Gasteiger partial charge in [0.05, 0.1) is 27.5 Å². The van der Waals surface area contributed by atoms with Gasteiger partial charge in [0.15, 0.2) is 9.84 Å². The molecule has 18 heavy (non-hydrogen) atoms. The lowest BCUT2D eigenvalue weighted by Crippen LogP contribution is -2.19. The van der Waals surface area contributed by atoms with Crippen LogP contribution in [0.4, 0.5) is 0 Å². The molecular formula is C10H9Cl3O4S. The number of aliphatic carboxylic acids is 1. The first-order valence-corrected chi connectivity index (χ1v) is 7.60. The van der Waals surface area contributed by atoms with E-state index >= 15 is 0 Å². The van der Waals surface area contributed by atoms with Crippen LogP contribution in [0.15, 0.2) is 23.1 Å². The third-order valence-corrected chi connectivity index (χ3v) is 5.04. The van der Waals surface area contributed by atoms with E-state index in [1.54, 1.807) is 0 Å². The summed E-state index contributed by atoms with van der Waals surface area (Å²) in [5, 5.41) is 7.75. The van der Waals surface area contributed by atoms with Crippen molar-refractivity contribution in [2.45, 2.75) is 16.7 Å². The van der Waals surface area contributed by atoms with Crippen molar-refractivity contribution >= 4 is 50.6 Å². The highest BCUT2D eigenvalue weighted by molar-refractivity contribution is 7.91. The second kappa shape index (κ2) is 6.10. The first kappa shape index (κ1) is 15.6. The topological polar surface area (TPSA) is 71.4 Å². The van der Waals surface area contributed by atoms with Crippen LogP contribution in [0.3, 0.4) is 0 Å². The molecule has 0 bridgehead atoms. The molecule has 4 nitrogen and oxygen atoms in total. The molecule has 1 atom stereocenters. The smallest absolute Gasteiger partial charge is 0.304 e. The molecule has 0 aliphatic heterocycles. The molecule has 0 fully saturated rings. The molecule has 0 aromatic heterocycles. The van der Waals surface area contributed by atoms with Crippen molar-refractivity contribution in [1.82, 2.24) is 0 Å². The Labute approximate surface area is 119 Å². The predicted octanol–water partition coefficient (Wildman–Crippen LogP) is 2.85. The lowest BCUT2D eigenvalue weighted by molar-refractivity contribution is -0.136. The molecular weight excluding hydrogens is 323 g/mol. The van der Waals surface area contributed by atoms with E-state index in [1.165, 1.54) is 18.2 Å². The largest absolute Gasteiger partial charge is 0.481 e. The van der Waals surface area contributed by atoms with Crippen LogP contribution in [0.1, 0.15) is 6.42 Å². The van der Waals surface area contributed by atoms with E-state index in [1.807, 2.05) is 0 Å². The summed E-state index contributed by atoms with van der Waals surface area (Å²) in [5.74, 6) is -1.68. The van der Waals surface area contributed by atoms with Gasteiger partial charge >= 0.3 is 5.97 Å². The Morgan fingerprint density at radius 1 is 1.33 bits per heavy atom. The molecule has 0 saturated heterocycles. The minimum absolute atomic E-state index is 0.0265. The third-order valence-electron chi connectivity index (χ3n) is 2.02. The molecule has 0 aliphatic carbocycles. The maximum Gasteiger partial charge on any atom is 0.304 e. The molecule has 0 radical (unpaired) electrons. The average Bonchev–Trinajstić information content (AvgIpc) is 2.19. The highest BCUT2D eigenvalue weighted by atomic mass is 35.5. The molecule has 0 aliphatic rings. The summed E-state index contributed by atoms with van der Waals surface area (Å²) >= 11 is 17.1. The van der Waals surface area contributed by atoms with Gasteiger partial charge in [-0.05, 0) is 18.2 Å². The van der Waals surface area contributed by atoms with Crippen LogP contribution in [-0.2, 0) is 14.6 Å². The predicted molar refractivity (Wildman–Crippen MR) is 70.4 cm³/mol. The van der Waals surface area contributed by atoms with Crippen molar-refractivity contribution in [2.24, 2.45) is 0 Å². The fraction of sp³-hybridized carbons (Fsp3) is 0.300. The number of benzene rings is 1. The number of alkyl halides is 1. The van der Waals surface area contributed by atoms with Gasteiger partial charge in [-0.1, -0.05) is 23.2 Å². The number of halogens is 3. The van der Waals surface area contributed by atoms with Gasteiger partial charge in [0.2, 0.25) is 0 Å². The van der Waals surface area contributed by atoms with E-state index in [9.17, 15) is 13.2 Å². The number of sulfone groups is 1. The minimum Gasteiger partial charge on any atom is -0.481 e. The SMILES string of the molecule is O=C(O)CC(Cl)CS(=O)(=O)c1cc(Cl)ccc1Cl. The maximum absolute atomic E-state index is 12.0. The average molecular weight is 332 g/mol. The van der Waals surface area contributed by atoms with Crippen LogP contribution >= 0.6 is 34.8 Å². The second-order valence-electron chi connectivity index (χ2n) is 3.55. The van der Waals surface area contributed by atoms with Gasteiger partial charge in [0, 0.05) is 5.02 Å². The molecule has 0 saturated carbocycles. The summed E-state index contributed by atoms with van der Waals surface area (Å²) < 4.78 is 24.0. The Kier molecular flexibility index (Phi) is 5.28. The Hall–Kier alpha value is -0.490. The zero-order valence-corrected chi connectivity index (χ0v) is 12.0. The van der Waals surface area contributed by atoms with E-state index in [4.69, 9.17) is 39.9 Å². The molecule has 0 spiro atoms. The monoisotopic (exact) mass is 330 g/mol. The van der Waals surface area contributed by atoms with Crippen molar-refractivity contribution in [1.29, 1.82) is 0 Å². The summed E-state index contributed by atoms with van der Waals surface area (Å²) in [6.45, 7) is 0. The van der Waals surface area contributed by atoms with Crippen molar-refractivity contribution in [2.75, 3.05) is 5.75 Å². The van der Waals surface area contributed by atoms with Gasteiger partial charge in [-0.3, -0.25) is 4.79 Å². The standard InChI is InChI=1S/C10H9Cl3O4S/c11-6-1-2-8(13)9(3-6)18(16,17)5-7(12)4-10(14)15/h1-3,7H,4-5H2,(H,14,15). The Morgan fingerprint density at radius 2 is 1.94 bits per heavy atom. The van der Waals surface area contributed by atoms with Crippen molar-refractivity contribution in [3.63, 3.8) is 0 Å². The molecule has 1 rings (SSSR count). The zero-order chi connectivity index (χ0) is 13.9. The highest BCUT2D eigenvalue weighted by Gasteiger charge is 2.24. The quantitative estimate of drug-likeness (QED) is 0.842. The van der Waals surface area contributed by atoms with Gasteiger partial charge in [0.25, 0.3) is 0 Å². The van der Waals surface area contributed by atoms with Crippen molar-refractivity contribution < 1.29 is 18.3 Å². The summed E-state index contributed by atoms with van der Waals surface area (Å²) in [7, 11) is -3.77. The number of carbonyl (C=O) groups is 1.